The summed E-state index contributed by atoms with van der Waals surface area (Å²) >= 11 is 0. The molecule has 3 rings (SSSR count). The number of hydrogen-bond acceptors (Lipinski definition) is 0. The Hall–Kier alpha value is -2.08. The summed E-state index contributed by atoms with van der Waals surface area (Å²) in [4.78, 5) is 0. The first-order valence-corrected chi connectivity index (χ1v) is 16.5. The van der Waals surface area contributed by atoms with Gasteiger partial charge < -0.3 is 0 Å². The van der Waals surface area contributed by atoms with Crippen LogP contribution in [-0.4, -0.2) is 0 Å². The largest absolute Gasteiger partial charge is 0.0654 e. The molecule has 0 N–H and O–H groups in total. The molecule has 224 valence electrons. The highest BCUT2D eigenvalue weighted by Gasteiger charge is 2.13. The van der Waals surface area contributed by atoms with Crippen LogP contribution in [0.4, 0.5) is 0 Å². The highest BCUT2D eigenvalue weighted by atomic mass is 14.2. The highest BCUT2D eigenvalue weighted by Crippen LogP contribution is 2.25. The van der Waals surface area contributed by atoms with E-state index in [1.165, 1.54) is 91.7 Å². The van der Waals surface area contributed by atoms with Crippen molar-refractivity contribution in [3.8, 4) is 0 Å². The van der Waals surface area contributed by atoms with Crippen LogP contribution in [0.5, 0.6) is 0 Å². The third-order valence-electron chi connectivity index (χ3n) is 7.77. The molecule has 0 heterocycles. The van der Waals surface area contributed by atoms with E-state index in [1.807, 2.05) is 0 Å². The lowest BCUT2D eigenvalue weighted by Gasteiger charge is -2.19. The minimum absolute atomic E-state index is 0.273. The number of fused-ring (bicyclic) bond motifs is 1. The summed E-state index contributed by atoms with van der Waals surface area (Å²) in [6, 6.07) is 24.1. The van der Waals surface area contributed by atoms with Gasteiger partial charge in [-0.15, -0.1) is 0 Å². The molecule has 0 heteroatoms. The van der Waals surface area contributed by atoms with Gasteiger partial charge in [-0.05, 0) is 50.6 Å². The van der Waals surface area contributed by atoms with Crippen molar-refractivity contribution in [3.63, 3.8) is 0 Å². The van der Waals surface area contributed by atoms with Crippen LogP contribution in [0.15, 0.2) is 66.7 Å². The predicted octanol–water partition coefficient (Wildman–Crippen LogP) is 13.6. The molecule has 0 atom stereocenters. The Balaban J connectivity index is 0.000000300. The van der Waals surface area contributed by atoms with Gasteiger partial charge in [-0.1, -0.05) is 200 Å². The van der Waals surface area contributed by atoms with Crippen molar-refractivity contribution < 1.29 is 0 Å². The average Bonchev–Trinajstić information content (AvgIpc) is 2.92. The van der Waals surface area contributed by atoms with Crippen LogP contribution in [-0.2, 0) is 5.41 Å². The van der Waals surface area contributed by atoms with Crippen LogP contribution >= 0.6 is 0 Å². The molecule has 0 nitrogen and oxygen atoms in total. The van der Waals surface area contributed by atoms with Crippen molar-refractivity contribution in [2.45, 2.75) is 151 Å². The zero-order chi connectivity index (χ0) is 30.0. The summed E-state index contributed by atoms with van der Waals surface area (Å²) in [6.45, 7) is 22.6. The van der Waals surface area contributed by atoms with Crippen LogP contribution in [0.2, 0.25) is 0 Å². The zero-order valence-corrected chi connectivity index (χ0v) is 28.2. The molecule has 0 amide bonds. The van der Waals surface area contributed by atoms with Crippen molar-refractivity contribution in [2.75, 3.05) is 0 Å². The molecule has 0 aliphatic carbocycles. The number of rotatable bonds is 12. The van der Waals surface area contributed by atoms with Gasteiger partial charge in [-0.3, -0.25) is 0 Å². The van der Waals surface area contributed by atoms with E-state index in [0.29, 0.717) is 11.8 Å². The van der Waals surface area contributed by atoms with E-state index in [-0.39, 0.29) is 5.41 Å². The molecule has 3 aromatic rings. The van der Waals surface area contributed by atoms with Gasteiger partial charge in [0.1, 0.15) is 0 Å². The number of hydrogen-bond donors (Lipinski definition) is 0. The second-order valence-corrected chi connectivity index (χ2v) is 13.8. The van der Waals surface area contributed by atoms with Gasteiger partial charge in [0.05, 0.1) is 0 Å². The van der Waals surface area contributed by atoms with Gasteiger partial charge in [0.15, 0.2) is 0 Å². The molecule has 0 spiro atoms. The van der Waals surface area contributed by atoms with E-state index in [1.54, 1.807) is 0 Å². The molecular formula is C40H64. The van der Waals surface area contributed by atoms with Gasteiger partial charge in [0.25, 0.3) is 0 Å². The second kappa shape index (κ2) is 19.9. The van der Waals surface area contributed by atoms with Crippen LogP contribution in [0.1, 0.15) is 162 Å². The Labute approximate surface area is 250 Å². The molecule has 0 bridgehead atoms. The Morgan fingerprint density at radius 2 is 1.07 bits per heavy atom. The summed E-state index contributed by atoms with van der Waals surface area (Å²) in [6.07, 6.45) is 14.5. The van der Waals surface area contributed by atoms with Crippen molar-refractivity contribution in [1.82, 2.24) is 0 Å². The van der Waals surface area contributed by atoms with Crippen molar-refractivity contribution in [1.29, 1.82) is 0 Å². The maximum atomic E-state index is 2.32. The molecule has 0 saturated heterocycles. The Bertz CT molecular complexity index is 1010. The van der Waals surface area contributed by atoms with Crippen LogP contribution in [0, 0.1) is 5.92 Å². The molecule has 0 unspecified atom stereocenters. The topological polar surface area (TPSA) is 0 Å². The summed E-state index contributed by atoms with van der Waals surface area (Å²) in [5, 5.41) is 2.73. The first-order valence-electron chi connectivity index (χ1n) is 16.5. The van der Waals surface area contributed by atoms with Crippen LogP contribution in [0.3, 0.4) is 0 Å². The fourth-order valence-electron chi connectivity index (χ4n) is 4.99. The standard InChI is InChI=1S/C14H30.C13H14.C13H20/c1-4-5-6-7-8-9-10-11-12-13-14(2)3;1-10(2)12-9-5-7-11-6-3-4-8-13(11)12;1-10(2)11-6-8-12(9-7-11)13(3,4)5/h14H,4-13H2,1-3H3;3-10H,1-2H3;6-10H,1-5H3. The maximum absolute atomic E-state index is 2.32. The molecule has 0 aliphatic heterocycles. The highest BCUT2D eigenvalue weighted by molar-refractivity contribution is 5.86. The van der Waals surface area contributed by atoms with Crippen LogP contribution < -0.4 is 0 Å². The van der Waals surface area contributed by atoms with Gasteiger partial charge in [-0.2, -0.15) is 0 Å². The van der Waals surface area contributed by atoms with E-state index >= 15 is 0 Å². The predicted molar refractivity (Wildman–Crippen MR) is 184 cm³/mol. The smallest absolute Gasteiger partial charge is 0.0132 e. The first-order chi connectivity index (χ1) is 19.0. The SMILES string of the molecule is CC(C)c1ccc(C(C)(C)C)cc1.CC(C)c1cccc2ccccc12.CCCCCCCCCCCC(C)C. The summed E-state index contributed by atoms with van der Waals surface area (Å²) in [7, 11) is 0. The van der Waals surface area contributed by atoms with Crippen LogP contribution in [0.25, 0.3) is 10.8 Å². The molecular weight excluding hydrogens is 480 g/mol. The summed E-state index contributed by atoms with van der Waals surface area (Å²) < 4.78 is 0. The van der Waals surface area contributed by atoms with E-state index < -0.39 is 0 Å². The maximum Gasteiger partial charge on any atom is -0.0132 e. The first kappa shape index (κ1) is 35.9. The van der Waals surface area contributed by atoms with Gasteiger partial charge in [0.2, 0.25) is 0 Å². The van der Waals surface area contributed by atoms with Gasteiger partial charge in [-0.25, -0.2) is 0 Å². The average molecular weight is 545 g/mol. The molecule has 40 heavy (non-hydrogen) atoms. The van der Waals surface area contributed by atoms with Gasteiger partial charge >= 0.3 is 0 Å². The molecule has 0 aliphatic rings. The fraction of sp³-hybridized carbons (Fsp3) is 0.600. The Morgan fingerprint density at radius 1 is 0.550 bits per heavy atom. The van der Waals surface area contributed by atoms with E-state index in [0.717, 1.165) is 5.92 Å². The second-order valence-electron chi connectivity index (χ2n) is 13.8. The third-order valence-corrected chi connectivity index (χ3v) is 7.77. The number of benzene rings is 3. The lowest BCUT2D eigenvalue weighted by atomic mass is 9.86. The fourth-order valence-corrected chi connectivity index (χ4v) is 4.99. The third kappa shape index (κ3) is 15.1. The van der Waals surface area contributed by atoms with Crippen molar-refractivity contribution >= 4 is 10.8 Å². The molecule has 0 radical (unpaired) electrons. The molecule has 0 saturated carbocycles. The zero-order valence-electron chi connectivity index (χ0n) is 28.2. The normalized spacial score (nSPS) is 11.4. The molecule has 0 aromatic heterocycles. The summed E-state index contributed by atoms with van der Waals surface area (Å²) in [5.41, 5.74) is 4.55. The van der Waals surface area contributed by atoms with Crippen molar-refractivity contribution in [3.05, 3.63) is 83.4 Å². The van der Waals surface area contributed by atoms with E-state index in [4.69, 9.17) is 0 Å². The van der Waals surface area contributed by atoms with E-state index in [2.05, 4.69) is 136 Å². The van der Waals surface area contributed by atoms with Crippen molar-refractivity contribution in [2.24, 2.45) is 5.92 Å². The number of unbranched alkanes of at least 4 members (excludes halogenated alkanes) is 8. The monoisotopic (exact) mass is 545 g/mol. The van der Waals surface area contributed by atoms with E-state index in [9.17, 15) is 0 Å². The molecule has 0 fully saturated rings. The molecule has 3 aromatic carbocycles. The lowest BCUT2D eigenvalue weighted by molar-refractivity contribution is 0.507. The minimum atomic E-state index is 0.273. The Kier molecular flexibility index (Phi) is 17.9. The van der Waals surface area contributed by atoms with Gasteiger partial charge in [0, 0.05) is 0 Å². The summed E-state index contributed by atoms with van der Waals surface area (Å²) in [5.74, 6) is 2.14. The minimum Gasteiger partial charge on any atom is -0.0654 e. The lowest BCUT2D eigenvalue weighted by Crippen LogP contribution is -2.10. The Morgan fingerprint density at radius 3 is 1.57 bits per heavy atom. The quantitative estimate of drug-likeness (QED) is 0.199.